The summed E-state index contributed by atoms with van der Waals surface area (Å²) in [5.41, 5.74) is -0.569. The summed E-state index contributed by atoms with van der Waals surface area (Å²) in [4.78, 5) is 11.2. The number of aliphatic hydroxyl groups excluding tert-OH is 1. The molecule has 1 N–H and O–H groups in total. The highest BCUT2D eigenvalue weighted by Crippen LogP contribution is 2.25. The van der Waals surface area contributed by atoms with E-state index in [4.69, 9.17) is 4.74 Å². The van der Waals surface area contributed by atoms with E-state index in [1.54, 1.807) is 0 Å². The average Bonchev–Trinajstić information content (AvgIpc) is 2.14. The van der Waals surface area contributed by atoms with Crippen molar-refractivity contribution in [3.8, 4) is 0 Å². The predicted octanol–water partition coefficient (Wildman–Crippen LogP) is -3.22. The van der Waals surface area contributed by atoms with Crippen LogP contribution in [-0.2, 0) is 14.3 Å². The molecule has 1 aliphatic rings. The van der Waals surface area contributed by atoms with Gasteiger partial charge in [-0.3, -0.25) is 4.79 Å². The van der Waals surface area contributed by atoms with Crippen LogP contribution in [0.4, 0.5) is 0 Å². The molecule has 2 atom stereocenters. The number of nitrogens with zero attached hydrogens (tertiary/aromatic N) is 1. The van der Waals surface area contributed by atoms with Gasteiger partial charge in [-0.25, -0.2) is 0 Å². The number of aliphatic hydroxyl groups is 1. The fraction of sp³-hybridized carbons (Fsp3) is 0.909. The number of halogens is 1. The van der Waals surface area contributed by atoms with Gasteiger partial charge < -0.3 is 43.0 Å². The van der Waals surface area contributed by atoms with Gasteiger partial charge >= 0.3 is 5.97 Å². The molecule has 1 fully saturated rings. The van der Waals surface area contributed by atoms with Crippen molar-refractivity contribution >= 4 is 5.97 Å². The van der Waals surface area contributed by atoms with Gasteiger partial charge in [0.1, 0.15) is 24.8 Å². The summed E-state index contributed by atoms with van der Waals surface area (Å²) >= 11 is 0. The summed E-state index contributed by atoms with van der Waals surface area (Å²) in [5.74, 6) is -0.271. The van der Waals surface area contributed by atoms with Crippen LogP contribution in [0.1, 0.15) is 13.3 Å². The molecule has 0 aliphatic carbocycles. The van der Waals surface area contributed by atoms with Crippen molar-refractivity contribution in [1.82, 2.24) is 0 Å². The largest absolute Gasteiger partial charge is 1.00 e. The van der Waals surface area contributed by atoms with Crippen LogP contribution in [0.25, 0.3) is 0 Å². The standard InChI is InChI=1S/C11H22NO4.HI/c1-11(8-13)7-12(2,3)6-9(16-11)5-10(14)15-4;/h9,13H,5-8H2,1-4H3;1H/q+1;/p-1/t9-,11+;/m1./s1. The Morgan fingerprint density at radius 2 is 2.18 bits per heavy atom. The molecule has 5 nitrogen and oxygen atoms in total. The number of morpholine rings is 1. The molecule has 0 bridgehead atoms. The quantitative estimate of drug-likeness (QED) is 0.327. The van der Waals surface area contributed by atoms with E-state index in [1.807, 2.05) is 6.92 Å². The predicted molar refractivity (Wildman–Crippen MR) is 58.8 cm³/mol. The molecule has 0 saturated carbocycles. The van der Waals surface area contributed by atoms with Gasteiger partial charge in [0.05, 0.1) is 34.2 Å². The molecule has 17 heavy (non-hydrogen) atoms. The maximum atomic E-state index is 11.2. The van der Waals surface area contributed by atoms with E-state index in [1.165, 1.54) is 7.11 Å². The Labute approximate surface area is 120 Å². The normalized spacial score (nSPS) is 31.5. The lowest BCUT2D eigenvalue weighted by atomic mass is 10.0. The highest BCUT2D eigenvalue weighted by atomic mass is 127. The van der Waals surface area contributed by atoms with Gasteiger partial charge in [0.2, 0.25) is 0 Å². The van der Waals surface area contributed by atoms with E-state index in [0.29, 0.717) is 0 Å². The zero-order valence-electron chi connectivity index (χ0n) is 10.9. The molecule has 1 saturated heterocycles. The first-order valence-electron chi connectivity index (χ1n) is 5.48. The van der Waals surface area contributed by atoms with E-state index < -0.39 is 5.60 Å². The fourth-order valence-corrected chi connectivity index (χ4v) is 2.46. The lowest BCUT2D eigenvalue weighted by Crippen LogP contribution is -3.00. The van der Waals surface area contributed by atoms with E-state index in [2.05, 4.69) is 18.8 Å². The van der Waals surface area contributed by atoms with Crippen LogP contribution in [-0.4, -0.2) is 68.2 Å². The number of hydrogen-bond donors (Lipinski definition) is 1. The van der Waals surface area contributed by atoms with Gasteiger partial charge in [-0.15, -0.1) is 0 Å². The Hall–Kier alpha value is 0.0800. The Bertz CT molecular complexity index is 272. The minimum absolute atomic E-state index is 0. The van der Waals surface area contributed by atoms with Gasteiger partial charge in [0.25, 0.3) is 0 Å². The number of quaternary nitrogens is 1. The summed E-state index contributed by atoms with van der Waals surface area (Å²) in [7, 11) is 5.51. The highest BCUT2D eigenvalue weighted by Gasteiger charge is 2.43. The molecule has 0 aromatic rings. The highest BCUT2D eigenvalue weighted by molar-refractivity contribution is 5.69. The SMILES string of the molecule is COC(=O)C[C@@H]1C[N+](C)(C)C[C@@](C)(CO)O1.[I-]. The first kappa shape index (κ1) is 17.1. The summed E-state index contributed by atoms with van der Waals surface area (Å²) in [6.07, 6.45) is 0.0571. The Morgan fingerprint density at radius 1 is 1.59 bits per heavy atom. The monoisotopic (exact) mass is 359 g/mol. The number of carbonyl (C=O) groups excluding carboxylic acids is 1. The first-order valence-corrected chi connectivity index (χ1v) is 5.48. The smallest absolute Gasteiger partial charge is 0.308 e. The fourth-order valence-electron chi connectivity index (χ4n) is 2.46. The van der Waals surface area contributed by atoms with Crippen molar-refractivity contribution in [2.24, 2.45) is 0 Å². The molecule has 0 unspecified atom stereocenters. The minimum Gasteiger partial charge on any atom is -1.00 e. The van der Waals surface area contributed by atoms with Crippen LogP contribution in [0, 0.1) is 0 Å². The van der Waals surface area contributed by atoms with Crippen molar-refractivity contribution in [3.05, 3.63) is 0 Å². The van der Waals surface area contributed by atoms with Gasteiger partial charge in [-0.2, -0.15) is 0 Å². The molecule has 0 aromatic heterocycles. The average molecular weight is 359 g/mol. The van der Waals surface area contributed by atoms with Gasteiger partial charge in [0.15, 0.2) is 0 Å². The van der Waals surface area contributed by atoms with Crippen molar-refractivity contribution in [1.29, 1.82) is 0 Å². The number of hydrogen-bond acceptors (Lipinski definition) is 4. The molecule has 102 valence electrons. The number of ether oxygens (including phenoxy) is 2. The van der Waals surface area contributed by atoms with Gasteiger partial charge in [0, 0.05) is 0 Å². The third kappa shape index (κ3) is 5.07. The molecule has 1 aliphatic heterocycles. The van der Waals surface area contributed by atoms with E-state index >= 15 is 0 Å². The van der Waals surface area contributed by atoms with E-state index in [9.17, 15) is 9.90 Å². The number of likely N-dealkylation sites (N-methyl/N-ethyl adjacent to an activating group) is 1. The van der Waals surface area contributed by atoms with E-state index in [-0.39, 0.29) is 49.1 Å². The van der Waals surface area contributed by atoms with Gasteiger partial charge in [-0.1, -0.05) is 0 Å². The minimum atomic E-state index is -0.569. The lowest BCUT2D eigenvalue weighted by Gasteiger charge is -2.46. The molecule has 0 aromatic carbocycles. The van der Waals surface area contributed by atoms with Gasteiger partial charge in [-0.05, 0) is 6.92 Å². The van der Waals surface area contributed by atoms with Crippen LogP contribution in [0.2, 0.25) is 0 Å². The molecule has 0 amide bonds. The molecule has 1 heterocycles. The second-order valence-corrected chi connectivity index (χ2v) is 5.40. The summed E-state index contributed by atoms with van der Waals surface area (Å²) < 4.78 is 11.1. The summed E-state index contributed by atoms with van der Waals surface area (Å²) in [6.45, 7) is 3.33. The second-order valence-electron chi connectivity index (χ2n) is 5.40. The Kier molecular flexibility index (Phi) is 6.34. The van der Waals surface area contributed by atoms with Crippen molar-refractivity contribution in [2.75, 3.05) is 40.9 Å². The number of methoxy groups -OCH3 is 1. The Balaban J connectivity index is 0.00000256. The number of esters is 1. The maximum Gasteiger partial charge on any atom is 0.308 e. The molecule has 1 rings (SSSR count). The lowest BCUT2D eigenvalue weighted by molar-refractivity contribution is -0.909. The second kappa shape index (κ2) is 6.31. The number of carbonyl (C=O) groups is 1. The molecule has 0 radical (unpaired) electrons. The van der Waals surface area contributed by atoms with Crippen LogP contribution in [0.5, 0.6) is 0 Å². The summed E-state index contributed by atoms with van der Waals surface area (Å²) in [5, 5.41) is 9.34. The van der Waals surface area contributed by atoms with Crippen LogP contribution in [0.3, 0.4) is 0 Å². The molecule has 0 spiro atoms. The summed E-state index contributed by atoms with van der Waals surface area (Å²) in [6, 6.07) is 0. The third-order valence-electron chi connectivity index (χ3n) is 2.87. The van der Waals surface area contributed by atoms with Crippen molar-refractivity contribution in [3.63, 3.8) is 0 Å². The molecular weight excluding hydrogens is 337 g/mol. The van der Waals surface area contributed by atoms with E-state index in [0.717, 1.165) is 17.6 Å². The first-order chi connectivity index (χ1) is 7.30. The zero-order valence-corrected chi connectivity index (χ0v) is 13.1. The maximum absolute atomic E-state index is 11.2. The zero-order chi connectivity index (χ0) is 12.4. The molecule has 6 heteroatoms. The molecular formula is C11H22INO4. The topological polar surface area (TPSA) is 55.8 Å². The van der Waals surface area contributed by atoms with Crippen molar-refractivity contribution < 1.29 is 47.8 Å². The van der Waals surface area contributed by atoms with Crippen LogP contribution < -0.4 is 24.0 Å². The Morgan fingerprint density at radius 3 is 2.65 bits per heavy atom. The van der Waals surface area contributed by atoms with Crippen molar-refractivity contribution in [2.45, 2.75) is 25.0 Å². The van der Waals surface area contributed by atoms with Crippen LogP contribution in [0.15, 0.2) is 0 Å². The number of rotatable bonds is 3. The van der Waals surface area contributed by atoms with Crippen LogP contribution >= 0.6 is 0 Å². The third-order valence-corrected chi connectivity index (χ3v) is 2.87.